The van der Waals surface area contributed by atoms with Gasteiger partial charge in [0.05, 0.1) is 0 Å². The smallest absolute Gasteiger partial charge is 0.0207 e. The van der Waals surface area contributed by atoms with E-state index in [0.717, 1.165) is 5.92 Å². The molecule has 0 radical (unpaired) electrons. The highest BCUT2D eigenvalue weighted by molar-refractivity contribution is 9.10. The number of hydrogen-bond donors (Lipinski definition) is 0. The lowest BCUT2D eigenvalue weighted by atomic mass is 9.95. The molecule has 1 aromatic carbocycles. The molecule has 13 heavy (non-hydrogen) atoms. The third kappa shape index (κ3) is 3.15. The first-order chi connectivity index (χ1) is 6.27. The van der Waals surface area contributed by atoms with Crippen LogP contribution in [0.1, 0.15) is 32.3 Å². The predicted molar refractivity (Wildman–Crippen MR) is 61.9 cm³/mol. The summed E-state index contributed by atoms with van der Waals surface area (Å²) in [6, 6.07) is 8.52. The zero-order valence-electron chi connectivity index (χ0n) is 8.39. The molecule has 1 heteroatoms. The minimum atomic E-state index is 0.832. The average Bonchev–Trinajstić information content (AvgIpc) is 2.17. The second kappa shape index (κ2) is 5.43. The minimum Gasteiger partial charge on any atom is -0.0651 e. The molecule has 0 aliphatic carbocycles. The van der Waals surface area contributed by atoms with Crippen LogP contribution in [-0.2, 0) is 6.42 Å². The third-order valence-corrected chi connectivity index (χ3v) is 3.39. The average molecular weight is 241 g/mol. The fourth-order valence-electron chi connectivity index (χ4n) is 1.55. The largest absolute Gasteiger partial charge is 0.0651 e. The molecular weight excluding hydrogens is 224 g/mol. The quantitative estimate of drug-likeness (QED) is 0.731. The van der Waals surface area contributed by atoms with Gasteiger partial charge in [-0.25, -0.2) is 0 Å². The molecule has 0 fully saturated rings. The van der Waals surface area contributed by atoms with Gasteiger partial charge in [-0.15, -0.1) is 0 Å². The number of rotatable bonds is 4. The van der Waals surface area contributed by atoms with Crippen molar-refractivity contribution in [1.29, 1.82) is 0 Å². The summed E-state index contributed by atoms with van der Waals surface area (Å²) >= 11 is 3.58. The molecule has 0 spiro atoms. The monoisotopic (exact) mass is 240 g/mol. The molecule has 0 aliphatic rings. The van der Waals surface area contributed by atoms with Crippen molar-refractivity contribution >= 4 is 15.9 Å². The summed E-state index contributed by atoms with van der Waals surface area (Å²) in [6.45, 7) is 4.54. The molecule has 0 heterocycles. The maximum Gasteiger partial charge on any atom is 0.0207 e. The molecule has 1 aromatic rings. The van der Waals surface area contributed by atoms with Crippen LogP contribution in [0.15, 0.2) is 28.7 Å². The Bertz CT molecular complexity index is 251. The van der Waals surface area contributed by atoms with Gasteiger partial charge in [-0.05, 0) is 24.0 Å². The first-order valence-electron chi connectivity index (χ1n) is 5.01. The van der Waals surface area contributed by atoms with E-state index in [4.69, 9.17) is 0 Å². The van der Waals surface area contributed by atoms with Crippen LogP contribution in [0.3, 0.4) is 0 Å². The van der Waals surface area contributed by atoms with Gasteiger partial charge in [-0.2, -0.15) is 0 Å². The van der Waals surface area contributed by atoms with Crippen LogP contribution in [-0.4, -0.2) is 0 Å². The van der Waals surface area contributed by atoms with Gasteiger partial charge in [0.2, 0.25) is 0 Å². The molecule has 0 unspecified atom stereocenters. The minimum absolute atomic E-state index is 0.832. The van der Waals surface area contributed by atoms with E-state index in [0.29, 0.717) is 0 Å². The van der Waals surface area contributed by atoms with E-state index >= 15 is 0 Å². The number of hydrogen-bond acceptors (Lipinski definition) is 0. The normalized spacial score (nSPS) is 10.8. The molecular formula is C12H17Br. The Morgan fingerprint density at radius 3 is 2.31 bits per heavy atom. The molecule has 0 N–H and O–H groups in total. The van der Waals surface area contributed by atoms with Gasteiger partial charge >= 0.3 is 0 Å². The van der Waals surface area contributed by atoms with E-state index in [9.17, 15) is 0 Å². The van der Waals surface area contributed by atoms with Gasteiger partial charge < -0.3 is 0 Å². The summed E-state index contributed by atoms with van der Waals surface area (Å²) in [6.07, 6.45) is 3.75. The highest BCUT2D eigenvalue weighted by Gasteiger charge is 2.06. The Labute approximate surface area is 89.5 Å². The molecule has 72 valence electrons. The second-order valence-electron chi connectivity index (χ2n) is 3.48. The molecule has 1 rings (SSSR count). The van der Waals surface area contributed by atoms with Crippen LogP contribution in [0, 0.1) is 5.92 Å². The van der Waals surface area contributed by atoms with Crippen molar-refractivity contribution in [2.24, 2.45) is 5.92 Å². The lowest BCUT2D eigenvalue weighted by Crippen LogP contribution is -2.01. The molecule has 0 amide bonds. The van der Waals surface area contributed by atoms with E-state index in [2.05, 4.69) is 54.0 Å². The molecule has 0 aliphatic heterocycles. The SMILES string of the molecule is CCC(CC)Cc1ccccc1Br. The zero-order valence-corrected chi connectivity index (χ0v) is 9.97. The van der Waals surface area contributed by atoms with Crippen molar-refractivity contribution in [3.63, 3.8) is 0 Å². The third-order valence-electron chi connectivity index (χ3n) is 2.62. The molecule has 0 atom stereocenters. The zero-order chi connectivity index (χ0) is 9.68. The van der Waals surface area contributed by atoms with Crippen molar-refractivity contribution in [2.45, 2.75) is 33.1 Å². The topological polar surface area (TPSA) is 0 Å². The van der Waals surface area contributed by atoms with Crippen LogP contribution < -0.4 is 0 Å². The van der Waals surface area contributed by atoms with Gasteiger partial charge in [0.15, 0.2) is 0 Å². The van der Waals surface area contributed by atoms with Crippen LogP contribution in [0.25, 0.3) is 0 Å². The molecule has 0 saturated heterocycles. The van der Waals surface area contributed by atoms with E-state index in [-0.39, 0.29) is 0 Å². The van der Waals surface area contributed by atoms with Gasteiger partial charge in [-0.1, -0.05) is 60.8 Å². The Kier molecular flexibility index (Phi) is 4.51. The Morgan fingerprint density at radius 1 is 1.15 bits per heavy atom. The lowest BCUT2D eigenvalue weighted by Gasteiger charge is -2.12. The van der Waals surface area contributed by atoms with Gasteiger partial charge in [0, 0.05) is 4.47 Å². The lowest BCUT2D eigenvalue weighted by molar-refractivity contribution is 0.490. The number of halogens is 1. The number of benzene rings is 1. The molecule has 0 aromatic heterocycles. The van der Waals surface area contributed by atoms with Crippen LogP contribution in [0.5, 0.6) is 0 Å². The van der Waals surface area contributed by atoms with Crippen molar-refractivity contribution in [1.82, 2.24) is 0 Å². The van der Waals surface area contributed by atoms with Crippen molar-refractivity contribution in [3.05, 3.63) is 34.3 Å². The summed E-state index contributed by atoms with van der Waals surface area (Å²) in [5.74, 6) is 0.832. The summed E-state index contributed by atoms with van der Waals surface area (Å²) in [5.41, 5.74) is 1.44. The fraction of sp³-hybridized carbons (Fsp3) is 0.500. The Morgan fingerprint density at radius 2 is 1.77 bits per heavy atom. The Balaban J connectivity index is 2.67. The van der Waals surface area contributed by atoms with Crippen molar-refractivity contribution in [2.75, 3.05) is 0 Å². The maximum absolute atomic E-state index is 3.58. The van der Waals surface area contributed by atoms with Gasteiger partial charge in [0.1, 0.15) is 0 Å². The summed E-state index contributed by atoms with van der Waals surface area (Å²) in [5, 5.41) is 0. The van der Waals surface area contributed by atoms with E-state index in [1.54, 1.807) is 0 Å². The molecule has 0 nitrogen and oxygen atoms in total. The van der Waals surface area contributed by atoms with Crippen LogP contribution in [0.2, 0.25) is 0 Å². The summed E-state index contributed by atoms with van der Waals surface area (Å²) in [4.78, 5) is 0. The van der Waals surface area contributed by atoms with Crippen LogP contribution in [0.4, 0.5) is 0 Å². The maximum atomic E-state index is 3.58. The predicted octanol–water partition coefficient (Wildman–Crippen LogP) is 4.43. The second-order valence-corrected chi connectivity index (χ2v) is 4.33. The summed E-state index contributed by atoms with van der Waals surface area (Å²) in [7, 11) is 0. The van der Waals surface area contributed by atoms with E-state index < -0.39 is 0 Å². The first kappa shape index (κ1) is 10.8. The first-order valence-corrected chi connectivity index (χ1v) is 5.80. The van der Waals surface area contributed by atoms with Crippen molar-refractivity contribution in [3.8, 4) is 0 Å². The highest BCUT2D eigenvalue weighted by Crippen LogP contribution is 2.22. The molecule has 0 bridgehead atoms. The molecule has 0 saturated carbocycles. The van der Waals surface area contributed by atoms with E-state index in [1.807, 2.05) is 0 Å². The van der Waals surface area contributed by atoms with Crippen molar-refractivity contribution < 1.29 is 0 Å². The van der Waals surface area contributed by atoms with Crippen LogP contribution >= 0.6 is 15.9 Å². The standard InChI is InChI=1S/C12H17Br/c1-3-10(4-2)9-11-7-5-6-8-12(11)13/h5-8,10H,3-4,9H2,1-2H3. The highest BCUT2D eigenvalue weighted by atomic mass is 79.9. The van der Waals surface area contributed by atoms with Gasteiger partial charge in [-0.3, -0.25) is 0 Å². The Hall–Kier alpha value is -0.300. The van der Waals surface area contributed by atoms with Gasteiger partial charge in [0.25, 0.3) is 0 Å². The van der Waals surface area contributed by atoms with E-state index in [1.165, 1.54) is 29.3 Å². The fourth-order valence-corrected chi connectivity index (χ4v) is 2.00. The summed E-state index contributed by atoms with van der Waals surface area (Å²) < 4.78 is 1.25.